The molecule has 0 spiro atoms. The van der Waals surface area contributed by atoms with Crippen molar-refractivity contribution in [1.82, 2.24) is 0 Å². The summed E-state index contributed by atoms with van der Waals surface area (Å²) in [7, 11) is -9.92. The molecule has 0 aliphatic heterocycles. The van der Waals surface area contributed by atoms with Crippen LogP contribution in [0.2, 0.25) is 0 Å². The molecule has 103 heavy (non-hydrogen) atoms. The van der Waals surface area contributed by atoms with Gasteiger partial charge in [-0.15, -0.1) is 0 Å². The fourth-order valence-corrected chi connectivity index (χ4v) is 14.6. The second kappa shape index (κ2) is 75.5. The molecule has 0 aliphatic carbocycles. The van der Waals surface area contributed by atoms with Gasteiger partial charge in [0, 0.05) is 25.7 Å². The van der Waals surface area contributed by atoms with Gasteiger partial charge in [-0.3, -0.25) is 37.3 Å². The molecule has 0 amide bonds. The van der Waals surface area contributed by atoms with E-state index in [-0.39, 0.29) is 25.7 Å². The number of aliphatic hydroxyl groups excluding tert-OH is 1. The molecule has 0 radical (unpaired) electrons. The number of hydrogen-bond acceptors (Lipinski definition) is 15. The van der Waals surface area contributed by atoms with Crippen LogP contribution >= 0.6 is 15.6 Å². The number of phosphoric acid groups is 2. The third-order valence-corrected chi connectivity index (χ3v) is 22.0. The highest BCUT2D eigenvalue weighted by Gasteiger charge is 2.30. The molecule has 6 atom stereocenters. The summed E-state index contributed by atoms with van der Waals surface area (Å²) >= 11 is 0. The first-order valence-electron chi connectivity index (χ1n) is 43.5. The Balaban J connectivity index is 5.20. The molecule has 0 aromatic rings. The molecule has 3 N–H and O–H groups in total. The number of esters is 4. The molecular formula is C84H164O17P2. The van der Waals surface area contributed by atoms with Crippen LogP contribution in [0.5, 0.6) is 0 Å². The van der Waals surface area contributed by atoms with Crippen LogP contribution in [-0.2, 0) is 65.4 Å². The third kappa shape index (κ3) is 76.6. The van der Waals surface area contributed by atoms with E-state index in [1.807, 2.05) is 0 Å². The molecule has 0 saturated carbocycles. The van der Waals surface area contributed by atoms with Crippen LogP contribution in [0.25, 0.3) is 0 Å². The number of carbonyl (C=O) groups is 4. The van der Waals surface area contributed by atoms with E-state index in [4.69, 9.17) is 37.0 Å². The average Bonchev–Trinajstić information content (AvgIpc) is 0.909. The molecule has 3 unspecified atom stereocenters. The molecule has 0 fully saturated rings. The topological polar surface area (TPSA) is 237 Å². The lowest BCUT2D eigenvalue weighted by Gasteiger charge is -2.21. The van der Waals surface area contributed by atoms with Crippen molar-refractivity contribution < 1.29 is 80.2 Å². The summed E-state index contributed by atoms with van der Waals surface area (Å²) in [4.78, 5) is 73.1. The van der Waals surface area contributed by atoms with E-state index >= 15 is 0 Å². The van der Waals surface area contributed by atoms with Crippen molar-refractivity contribution in [3.05, 3.63) is 0 Å². The van der Waals surface area contributed by atoms with E-state index in [2.05, 4.69) is 41.5 Å². The first-order valence-corrected chi connectivity index (χ1v) is 46.5. The lowest BCUT2D eigenvalue weighted by molar-refractivity contribution is -0.161. The van der Waals surface area contributed by atoms with Crippen molar-refractivity contribution in [3.8, 4) is 0 Å². The second-order valence-corrected chi connectivity index (χ2v) is 33.8. The Morgan fingerprint density at radius 1 is 0.282 bits per heavy atom. The van der Waals surface area contributed by atoms with Crippen molar-refractivity contribution in [1.29, 1.82) is 0 Å². The highest BCUT2D eigenvalue weighted by molar-refractivity contribution is 7.47. The number of rotatable bonds is 83. The predicted octanol–water partition coefficient (Wildman–Crippen LogP) is 25.5. The van der Waals surface area contributed by atoms with Gasteiger partial charge in [-0.25, -0.2) is 9.13 Å². The summed E-state index contributed by atoms with van der Waals surface area (Å²) in [5.41, 5.74) is 0. The summed E-state index contributed by atoms with van der Waals surface area (Å²) in [6.07, 6.45) is 66.8. The molecular weight excluding hydrogens is 1340 g/mol. The Labute approximate surface area is 632 Å². The SMILES string of the molecule is CCCCCCCCCCCCCCCCCCCC(=O)OC[C@H](COP(=O)(O)OC[C@@H](O)COP(=O)(O)OC[C@@H](COC(=O)CCCCCCCCC(C)C)OC(=O)CCCCCCCCCCCCCCCCC)OC(=O)CCCCCCCCCCCCCCCCCCCCC(C)CC. The van der Waals surface area contributed by atoms with Crippen LogP contribution in [-0.4, -0.2) is 96.7 Å². The zero-order valence-corrected chi connectivity index (χ0v) is 69.4. The van der Waals surface area contributed by atoms with Crippen LogP contribution in [0, 0.1) is 11.8 Å². The molecule has 19 heteroatoms. The zero-order valence-electron chi connectivity index (χ0n) is 67.6. The van der Waals surface area contributed by atoms with Gasteiger partial charge in [-0.2, -0.15) is 0 Å². The number of aliphatic hydroxyl groups is 1. The van der Waals surface area contributed by atoms with Gasteiger partial charge in [0.15, 0.2) is 12.2 Å². The van der Waals surface area contributed by atoms with Crippen LogP contribution in [0.1, 0.15) is 446 Å². The number of phosphoric ester groups is 2. The highest BCUT2D eigenvalue weighted by Crippen LogP contribution is 2.45. The Morgan fingerprint density at radius 3 is 0.738 bits per heavy atom. The second-order valence-electron chi connectivity index (χ2n) is 30.9. The zero-order chi connectivity index (χ0) is 75.6. The molecule has 0 bridgehead atoms. The largest absolute Gasteiger partial charge is 0.472 e. The molecule has 0 saturated heterocycles. The normalized spacial score (nSPS) is 14.1. The third-order valence-electron chi connectivity index (χ3n) is 20.1. The van der Waals surface area contributed by atoms with E-state index in [9.17, 15) is 43.2 Å². The van der Waals surface area contributed by atoms with Crippen molar-refractivity contribution in [2.24, 2.45) is 11.8 Å². The maximum absolute atomic E-state index is 13.1. The maximum Gasteiger partial charge on any atom is 0.472 e. The first kappa shape index (κ1) is 101. The maximum atomic E-state index is 13.1. The van der Waals surface area contributed by atoms with E-state index in [0.717, 1.165) is 102 Å². The minimum Gasteiger partial charge on any atom is -0.462 e. The van der Waals surface area contributed by atoms with Gasteiger partial charge in [-0.05, 0) is 37.5 Å². The highest BCUT2D eigenvalue weighted by atomic mass is 31.2. The van der Waals surface area contributed by atoms with Gasteiger partial charge in [0.05, 0.1) is 26.4 Å². The molecule has 0 aromatic carbocycles. The van der Waals surface area contributed by atoms with Crippen molar-refractivity contribution >= 4 is 39.5 Å². The van der Waals surface area contributed by atoms with Crippen molar-refractivity contribution in [2.45, 2.75) is 464 Å². The lowest BCUT2D eigenvalue weighted by atomic mass is 9.99. The minimum absolute atomic E-state index is 0.107. The summed E-state index contributed by atoms with van der Waals surface area (Å²) in [5.74, 6) is -0.556. The molecule has 0 aromatic heterocycles. The van der Waals surface area contributed by atoms with Gasteiger partial charge < -0.3 is 33.8 Å². The average molecular weight is 1510 g/mol. The Morgan fingerprint density at radius 2 is 0.495 bits per heavy atom. The van der Waals surface area contributed by atoms with Crippen LogP contribution in [0.4, 0.5) is 0 Å². The number of carbonyl (C=O) groups excluding carboxylic acids is 4. The van der Waals surface area contributed by atoms with Gasteiger partial charge >= 0.3 is 39.5 Å². The van der Waals surface area contributed by atoms with Crippen LogP contribution in [0.3, 0.4) is 0 Å². The fourth-order valence-electron chi connectivity index (χ4n) is 13.0. The van der Waals surface area contributed by atoms with Gasteiger partial charge in [-0.1, -0.05) is 395 Å². The molecule has 0 rings (SSSR count). The monoisotopic (exact) mass is 1510 g/mol. The van der Waals surface area contributed by atoms with Gasteiger partial charge in [0.1, 0.15) is 19.3 Å². The summed E-state index contributed by atoms with van der Waals surface area (Å²) < 4.78 is 68.8. The van der Waals surface area contributed by atoms with Crippen molar-refractivity contribution in [2.75, 3.05) is 39.6 Å². The fraction of sp³-hybridized carbons (Fsp3) is 0.952. The van der Waals surface area contributed by atoms with E-state index in [1.165, 1.54) is 257 Å². The quantitative estimate of drug-likeness (QED) is 0.0222. The first-order chi connectivity index (χ1) is 49.9. The Kier molecular flexibility index (Phi) is 74.1. The van der Waals surface area contributed by atoms with E-state index in [1.54, 1.807) is 0 Å². The minimum atomic E-state index is -4.96. The summed E-state index contributed by atoms with van der Waals surface area (Å²) in [6.45, 7) is 9.64. The molecule has 612 valence electrons. The summed E-state index contributed by atoms with van der Waals surface area (Å²) in [6, 6.07) is 0. The van der Waals surface area contributed by atoms with Crippen LogP contribution in [0.15, 0.2) is 0 Å². The Bertz CT molecular complexity index is 1980. The number of hydrogen-bond donors (Lipinski definition) is 3. The van der Waals surface area contributed by atoms with Gasteiger partial charge in [0.25, 0.3) is 0 Å². The predicted molar refractivity (Wildman–Crippen MR) is 423 cm³/mol. The number of unbranched alkanes of at least 4 members (excludes halogenated alkanes) is 52. The van der Waals surface area contributed by atoms with Crippen molar-refractivity contribution in [3.63, 3.8) is 0 Å². The standard InChI is InChI=1S/C84H164O17P2/c1-7-10-12-14-16-18-20-22-24-27-32-35-39-43-47-54-60-66-81(86)94-72-79(100-83(88)68-63-57-49-45-41-37-33-29-26-25-28-31-34-38-42-46-53-59-65-77(6)9-3)74-98-102(90,91)96-70-78(85)71-97-103(92,93)99-75-80(73-95-82(87)67-61-55-51-50-52-58-64-76(4)5)101-84(89)69-62-56-48-44-40-36-30-23-21-19-17-15-13-11-8-2/h76-80,85H,7-75H2,1-6H3,(H,90,91)(H,92,93)/t77?,78-,79-,80-/m1/s1. The smallest absolute Gasteiger partial charge is 0.462 e. The molecule has 0 heterocycles. The Hall–Kier alpha value is -1.94. The van der Waals surface area contributed by atoms with Crippen LogP contribution < -0.4 is 0 Å². The molecule has 0 aliphatic rings. The lowest BCUT2D eigenvalue weighted by Crippen LogP contribution is -2.30. The van der Waals surface area contributed by atoms with Gasteiger partial charge in [0.2, 0.25) is 0 Å². The number of ether oxygens (including phenoxy) is 4. The molecule has 17 nitrogen and oxygen atoms in total. The van der Waals surface area contributed by atoms with E-state index in [0.29, 0.717) is 31.6 Å². The van der Waals surface area contributed by atoms with E-state index < -0.39 is 97.5 Å². The summed E-state index contributed by atoms with van der Waals surface area (Å²) in [5, 5.41) is 10.7.